The lowest BCUT2D eigenvalue weighted by Crippen LogP contribution is -2.49. The van der Waals surface area contributed by atoms with Gasteiger partial charge in [0, 0.05) is 23.9 Å². The molecule has 4 rings (SSSR count). The van der Waals surface area contributed by atoms with E-state index in [4.69, 9.17) is 22.1 Å². The van der Waals surface area contributed by atoms with Gasteiger partial charge in [-0.1, -0.05) is 29.8 Å². The molecule has 0 bridgehead atoms. The number of aryl methyl sites for hydroxylation is 1. The average Bonchev–Trinajstić information content (AvgIpc) is 2.68. The summed E-state index contributed by atoms with van der Waals surface area (Å²) < 4.78 is 5.56. The molecule has 1 heterocycles. The summed E-state index contributed by atoms with van der Waals surface area (Å²) in [6.45, 7) is 1.16. The summed E-state index contributed by atoms with van der Waals surface area (Å²) in [5, 5.41) is 4.00. The minimum atomic E-state index is -0.589. The van der Waals surface area contributed by atoms with Crippen LogP contribution in [0, 0.1) is 0 Å². The first-order chi connectivity index (χ1) is 13.1. The number of ether oxygens (including phenoxy) is 1. The van der Waals surface area contributed by atoms with E-state index in [0.29, 0.717) is 31.1 Å². The molecule has 1 aliphatic heterocycles. The van der Waals surface area contributed by atoms with Crippen LogP contribution in [0.15, 0.2) is 42.5 Å². The summed E-state index contributed by atoms with van der Waals surface area (Å²) in [7, 11) is 0. The number of anilines is 1. The molecule has 2 aromatic rings. The maximum absolute atomic E-state index is 13.5. The summed E-state index contributed by atoms with van der Waals surface area (Å²) in [5.74, 6) is 0.0720. The normalized spacial score (nSPS) is 20.5. The van der Waals surface area contributed by atoms with Crippen molar-refractivity contribution in [3.8, 4) is 0 Å². The van der Waals surface area contributed by atoms with E-state index in [1.165, 1.54) is 11.1 Å². The summed E-state index contributed by atoms with van der Waals surface area (Å²) in [4.78, 5) is 13.5. The molecule has 28 heavy (non-hydrogen) atoms. The quantitative estimate of drug-likeness (QED) is 0.713. The summed E-state index contributed by atoms with van der Waals surface area (Å²) in [6.07, 6.45) is 4.35. The van der Waals surface area contributed by atoms with E-state index in [1.807, 2.05) is 36.4 Å². The highest BCUT2D eigenvalue weighted by molar-refractivity contribution is 6.30. The Kier molecular flexibility index (Phi) is 6.54. The van der Waals surface area contributed by atoms with Crippen molar-refractivity contribution in [2.75, 3.05) is 18.9 Å². The van der Waals surface area contributed by atoms with Crippen LogP contribution < -0.4 is 11.1 Å². The van der Waals surface area contributed by atoms with Gasteiger partial charge in [0.1, 0.15) is 0 Å². The van der Waals surface area contributed by atoms with Crippen molar-refractivity contribution in [3.05, 3.63) is 64.2 Å². The molecule has 1 atom stereocenters. The molecule has 1 amide bonds. The summed E-state index contributed by atoms with van der Waals surface area (Å²) >= 11 is 6.23. The van der Waals surface area contributed by atoms with Gasteiger partial charge >= 0.3 is 0 Å². The highest BCUT2D eigenvalue weighted by Gasteiger charge is 2.42. The number of fused-ring (bicyclic) bond motifs is 1. The van der Waals surface area contributed by atoms with E-state index in [9.17, 15) is 4.79 Å². The van der Waals surface area contributed by atoms with Crippen LogP contribution in [-0.4, -0.2) is 19.1 Å². The third-order valence-corrected chi connectivity index (χ3v) is 6.18. The maximum Gasteiger partial charge on any atom is 0.231 e. The van der Waals surface area contributed by atoms with Crippen LogP contribution in [-0.2, 0) is 21.4 Å². The lowest BCUT2D eigenvalue weighted by atomic mass is 9.73. The highest BCUT2D eigenvalue weighted by Crippen LogP contribution is 2.38. The minimum absolute atomic E-state index is 0. The monoisotopic (exact) mass is 420 g/mol. The maximum atomic E-state index is 13.5. The van der Waals surface area contributed by atoms with Gasteiger partial charge in [0.15, 0.2) is 0 Å². The Morgan fingerprint density at radius 3 is 2.71 bits per heavy atom. The van der Waals surface area contributed by atoms with Crippen LogP contribution in [0.5, 0.6) is 0 Å². The zero-order valence-corrected chi connectivity index (χ0v) is 17.3. The Morgan fingerprint density at radius 1 is 1.18 bits per heavy atom. The van der Waals surface area contributed by atoms with Gasteiger partial charge in [-0.2, -0.15) is 0 Å². The van der Waals surface area contributed by atoms with Gasteiger partial charge < -0.3 is 15.8 Å². The van der Waals surface area contributed by atoms with Crippen LogP contribution in [0.1, 0.15) is 48.4 Å². The molecule has 2 aromatic carbocycles. The van der Waals surface area contributed by atoms with Gasteiger partial charge in [-0.3, -0.25) is 4.79 Å². The van der Waals surface area contributed by atoms with Gasteiger partial charge in [0.2, 0.25) is 5.91 Å². The molecule has 0 spiro atoms. The lowest BCUT2D eigenvalue weighted by molar-refractivity contribution is -0.131. The number of nitrogen functional groups attached to an aromatic ring is 1. The molecule has 1 fully saturated rings. The van der Waals surface area contributed by atoms with E-state index < -0.39 is 5.41 Å². The van der Waals surface area contributed by atoms with Crippen molar-refractivity contribution < 1.29 is 9.53 Å². The van der Waals surface area contributed by atoms with Crippen LogP contribution in [0.4, 0.5) is 5.69 Å². The van der Waals surface area contributed by atoms with Crippen molar-refractivity contribution in [2.24, 2.45) is 0 Å². The number of carbonyl (C=O) groups excluding carboxylic acids is 1. The topological polar surface area (TPSA) is 64.3 Å². The van der Waals surface area contributed by atoms with E-state index in [1.54, 1.807) is 0 Å². The number of carbonyl (C=O) groups is 1. The second kappa shape index (κ2) is 8.73. The van der Waals surface area contributed by atoms with E-state index in [0.717, 1.165) is 30.5 Å². The molecule has 3 N–H and O–H groups in total. The molecule has 1 unspecified atom stereocenters. The number of rotatable bonds is 3. The first-order valence-corrected chi connectivity index (χ1v) is 9.99. The molecule has 1 aliphatic carbocycles. The SMILES string of the molecule is Cl.Nc1ccc2c(c1)CCCC2NC(=O)C1(c2cccc(Cl)c2)CCOCC1. The third-order valence-electron chi connectivity index (χ3n) is 5.94. The van der Waals surface area contributed by atoms with E-state index in [2.05, 4.69) is 11.4 Å². The predicted octanol–water partition coefficient (Wildman–Crippen LogP) is 4.59. The number of amides is 1. The molecule has 150 valence electrons. The number of hydrogen-bond acceptors (Lipinski definition) is 3. The largest absolute Gasteiger partial charge is 0.399 e. The molecule has 2 aliphatic rings. The van der Waals surface area contributed by atoms with Crippen molar-refractivity contribution in [2.45, 2.75) is 43.6 Å². The van der Waals surface area contributed by atoms with Gasteiger partial charge in [0.25, 0.3) is 0 Å². The molecular weight excluding hydrogens is 395 g/mol. The third kappa shape index (κ3) is 4.00. The van der Waals surface area contributed by atoms with Crippen molar-refractivity contribution in [1.29, 1.82) is 0 Å². The Labute approximate surface area is 177 Å². The fraction of sp³-hybridized carbons (Fsp3) is 0.409. The van der Waals surface area contributed by atoms with Crippen LogP contribution in [0.2, 0.25) is 5.02 Å². The Hall–Kier alpha value is -1.75. The smallest absolute Gasteiger partial charge is 0.231 e. The summed E-state index contributed by atoms with van der Waals surface area (Å²) in [6, 6.07) is 13.7. The highest BCUT2D eigenvalue weighted by atomic mass is 35.5. The van der Waals surface area contributed by atoms with Gasteiger partial charge in [-0.25, -0.2) is 0 Å². The number of nitrogens with one attached hydrogen (secondary N) is 1. The van der Waals surface area contributed by atoms with Crippen molar-refractivity contribution in [3.63, 3.8) is 0 Å². The number of hydrogen-bond donors (Lipinski definition) is 2. The first kappa shape index (κ1) is 21.0. The lowest BCUT2D eigenvalue weighted by Gasteiger charge is -2.38. The Morgan fingerprint density at radius 2 is 1.96 bits per heavy atom. The van der Waals surface area contributed by atoms with E-state index in [-0.39, 0.29) is 24.4 Å². The van der Waals surface area contributed by atoms with Crippen molar-refractivity contribution in [1.82, 2.24) is 5.32 Å². The second-order valence-electron chi connectivity index (χ2n) is 7.58. The van der Waals surface area contributed by atoms with Crippen LogP contribution >= 0.6 is 24.0 Å². The molecule has 4 nitrogen and oxygen atoms in total. The second-order valence-corrected chi connectivity index (χ2v) is 8.02. The molecule has 0 saturated carbocycles. The molecular formula is C22H26Cl2N2O2. The average molecular weight is 421 g/mol. The Bertz CT molecular complexity index is 850. The Balaban J connectivity index is 0.00000225. The van der Waals surface area contributed by atoms with Crippen LogP contribution in [0.3, 0.4) is 0 Å². The van der Waals surface area contributed by atoms with Gasteiger partial charge in [-0.15, -0.1) is 12.4 Å². The van der Waals surface area contributed by atoms with Gasteiger partial charge in [-0.05, 0) is 73.1 Å². The minimum Gasteiger partial charge on any atom is -0.399 e. The molecule has 1 saturated heterocycles. The van der Waals surface area contributed by atoms with Gasteiger partial charge in [0.05, 0.1) is 11.5 Å². The zero-order valence-electron chi connectivity index (χ0n) is 15.7. The fourth-order valence-corrected chi connectivity index (χ4v) is 4.62. The number of benzene rings is 2. The fourth-order valence-electron chi connectivity index (χ4n) is 4.43. The standard InChI is InChI=1S/C22H25ClN2O2.ClH/c23-17-5-2-4-16(14-17)22(9-11-27-12-10-22)21(26)25-20-6-1-3-15-13-18(24)7-8-19(15)20;/h2,4-5,7-8,13-14,20H,1,3,6,9-12,24H2,(H,25,26);1H. The molecule has 0 radical (unpaired) electrons. The predicted molar refractivity (Wildman–Crippen MR) is 115 cm³/mol. The van der Waals surface area contributed by atoms with Crippen molar-refractivity contribution >= 4 is 35.6 Å². The van der Waals surface area contributed by atoms with Crippen LogP contribution in [0.25, 0.3) is 0 Å². The first-order valence-electron chi connectivity index (χ1n) is 9.61. The van der Waals surface area contributed by atoms with E-state index >= 15 is 0 Å². The molecule has 6 heteroatoms. The summed E-state index contributed by atoms with van der Waals surface area (Å²) in [5.41, 5.74) is 9.55. The molecule has 0 aromatic heterocycles. The number of nitrogens with two attached hydrogens (primary N) is 1. The zero-order chi connectivity index (χ0) is 18.9. The number of halogens is 2.